The van der Waals surface area contributed by atoms with Gasteiger partial charge in [-0.05, 0) is 77.4 Å². The summed E-state index contributed by atoms with van der Waals surface area (Å²) in [4.78, 5) is 37.6. The third kappa shape index (κ3) is 5.74. The van der Waals surface area contributed by atoms with Gasteiger partial charge in [0.05, 0.1) is 25.3 Å². The summed E-state index contributed by atoms with van der Waals surface area (Å²) in [6.07, 6.45) is 9.03. The van der Waals surface area contributed by atoms with E-state index >= 15 is 0 Å². The Labute approximate surface area is 232 Å². The first-order valence-corrected chi connectivity index (χ1v) is 12.8. The largest absolute Gasteiger partial charge is 0.497 e. The number of pyridine rings is 2. The van der Waals surface area contributed by atoms with Crippen LogP contribution in [-0.4, -0.2) is 39.2 Å². The van der Waals surface area contributed by atoms with Crippen LogP contribution in [0.4, 0.5) is 0 Å². The molecule has 198 valence electrons. The summed E-state index contributed by atoms with van der Waals surface area (Å²) in [5.41, 5.74) is 2.56. The minimum Gasteiger partial charge on any atom is -0.497 e. The van der Waals surface area contributed by atoms with E-state index < -0.39 is 5.54 Å². The molecule has 0 saturated carbocycles. The third-order valence-electron chi connectivity index (χ3n) is 6.86. The molecule has 1 N–H and O–H groups in total. The van der Waals surface area contributed by atoms with Gasteiger partial charge in [-0.3, -0.25) is 24.5 Å². The Morgan fingerprint density at radius 3 is 2.15 bits per heavy atom. The first kappa shape index (κ1) is 26.3. The summed E-state index contributed by atoms with van der Waals surface area (Å²) in [5, 5.41) is 12.6. The fourth-order valence-electron chi connectivity index (χ4n) is 4.88. The van der Waals surface area contributed by atoms with Crippen LogP contribution >= 0.6 is 0 Å². The summed E-state index contributed by atoms with van der Waals surface area (Å²) >= 11 is 0. The number of hydrogen-bond acceptors (Lipinski definition) is 7. The zero-order valence-electron chi connectivity index (χ0n) is 21.9. The molecule has 1 aliphatic heterocycles. The van der Waals surface area contributed by atoms with Crippen molar-refractivity contribution in [2.45, 2.75) is 24.9 Å². The molecule has 0 unspecified atom stereocenters. The fraction of sp³-hybridized carbons (Fsp3) is 0.156. The number of rotatable bonds is 9. The topological polar surface area (TPSA) is 108 Å². The van der Waals surface area contributed by atoms with Crippen LogP contribution in [0.5, 0.6) is 5.75 Å². The van der Waals surface area contributed by atoms with E-state index in [1.54, 1.807) is 61.1 Å². The molecule has 1 saturated heterocycles. The van der Waals surface area contributed by atoms with Gasteiger partial charge in [-0.15, -0.1) is 0 Å². The average Bonchev–Trinajstić information content (AvgIpc) is 3.23. The molecule has 4 aromatic rings. The van der Waals surface area contributed by atoms with Crippen molar-refractivity contribution >= 4 is 11.7 Å². The Bertz CT molecular complexity index is 1540. The van der Waals surface area contributed by atoms with Crippen molar-refractivity contribution in [2.75, 3.05) is 7.11 Å². The summed E-state index contributed by atoms with van der Waals surface area (Å²) in [7, 11) is 1.59. The minimum atomic E-state index is -1.06. The van der Waals surface area contributed by atoms with E-state index in [0.29, 0.717) is 35.5 Å². The van der Waals surface area contributed by atoms with Crippen LogP contribution < -0.4 is 10.1 Å². The standard InChI is InChI=1S/C32H27N5O3/c1-40-28-4-2-3-26(17-28)22-37-30(18-29(38)27-7-5-25(21-33)6-8-27)36-32(31(37)39,19-23-9-13-34-14-10-23)20-24-11-15-35-16-12-24/h2-18,36H,19-20,22H2,1H3/b30-18+. The van der Waals surface area contributed by atoms with Gasteiger partial charge in [0.1, 0.15) is 17.1 Å². The first-order chi connectivity index (χ1) is 19.5. The van der Waals surface area contributed by atoms with Gasteiger partial charge in [0.25, 0.3) is 5.91 Å². The Morgan fingerprint density at radius 1 is 0.950 bits per heavy atom. The second-order valence-electron chi connectivity index (χ2n) is 9.60. The van der Waals surface area contributed by atoms with Gasteiger partial charge >= 0.3 is 0 Å². The van der Waals surface area contributed by atoms with Crippen molar-refractivity contribution in [3.8, 4) is 11.8 Å². The minimum absolute atomic E-state index is 0.150. The van der Waals surface area contributed by atoms with Gasteiger partial charge in [-0.1, -0.05) is 12.1 Å². The van der Waals surface area contributed by atoms with Crippen LogP contribution in [0.15, 0.2) is 109 Å². The number of nitriles is 1. The smallest absolute Gasteiger partial charge is 0.254 e. The SMILES string of the molecule is COc1cccc(CN2C(=O)C(Cc3ccncc3)(Cc3ccncc3)N/C2=C\C(=O)c2ccc(C#N)cc2)c1. The number of hydrogen-bond donors (Lipinski definition) is 1. The highest BCUT2D eigenvalue weighted by Crippen LogP contribution is 2.32. The molecule has 0 atom stereocenters. The van der Waals surface area contributed by atoms with Gasteiger partial charge in [0.15, 0.2) is 5.78 Å². The molecule has 2 aromatic carbocycles. The highest BCUT2D eigenvalue weighted by Gasteiger charge is 2.49. The van der Waals surface area contributed by atoms with Gasteiger partial charge in [-0.2, -0.15) is 5.26 Å². The van der Waals surface area contributed by atoms with E-state index in [4.69, 9.17) is 10.00 Å². The number of carbonyl (C=O) groups is 2. The van der Waals surface area contributed by atoms with Crippen molar-refractivity contribution in [1.82, 2.24) is 20.2 Å². The van der Waals surface area contributed by atoms with E-state index in [0.717, 1.165) is 16.7 Å². The molecule has 3 heterocycles. The van der Waals surface area contributed by atoms with Crippen molar-refractivity contribution in [3.05, 3.63) is 137 Å². The maximum absolute atomic E-state index is 14.4. The summed E-state index contributed by atoms with van der Waals surface area (Å²) in [5.74, 6) is 0.656. The molecule has 1 aliphatic rings. The number of amides is 1. The normalized spacial score (nSPS) is 14.9. The Morgan fingerprint density at radius 2 is 1.57 bits per heavy atom. The third-order valence-corrected chi connectivity index (χ3v) is 6.86. The number of ketones is 1. The molecular formula is C32H27N5O3. The van der Waals surface area contributed by atoms with Crippen molar-refractivity contribution in [3.63, 3.8) is 0 Å². The number of methoxy groups -OCH3 is 1. The number of nitrogens with zero attached hydrogens (tertiary/aromatic N) is 4. The second-order valence-corrected chi connectivity index (χ2v) is 9.60. The number of benzene rings is 2. The first-order valence-electron chi connectivity index (χ1n) is 12.8. The maximum Gasteiger partial charge on any atom is 0.254 e. The molecule has 1 fully saturated rings. The van der Waals surface area contributed by atoms with Crippen LogP contribution in [0.2, 0.25) is 0 Å². The number of ether oxygens (including phenoxy) is 1. The quantitative estimate of drug-likeness (QED) is 0.255. The zero-order valence-corrected chi connectivity index (χ0v) is 21.9. The number of allylic oxidation sites excluding steroid dienone is 1. The Balaban J connectivity index is 1.57. The van der Waals surface area contributed by atoms with Crippen molar-refractivity contribution < 1.29 is 14.3 Å². The van der Waals surface area contributed by atoms with Crippen LogP contribution in [0.3, 0.4) is 0 Å². The molecule has 5 rings (SSSR count). The molecule has 8 nitrogen and oxygen atoms in total. The summed E-state index contributed by atoms with van der Waals surface area (Å²) in [6.45, 7) is 0.240. The Hall–Kier alpha value is -5.29. The van der Waals surface area contributed by atoms with Gasteiger partial charge in [0, 0.05) is 49.3 Å². The predicted molar refractivity (Wildman–Crippen MR) is 149 cm³/mol. The lowest BCUT2D eigenvalue weighted by Gasteiger charge is -2.28. The average molecular weight is 530 g/mol. The van der Waals surface area contributed by atoms with E-state index in [2.05, 4.69) is 21.4 Å². The molecule has 0 aliphatic carbocycles. The van der Waals surface area contributed by atoms with Crippen LogP contribution in [0.1, 0.15) is 32.6 Å². The molecule has 2 aromatic heterocycles. The fourth-order valence-corrected chi connectivity index (χ4v) is 4.88. The number of aromatic nitrogens is 2. The lowest BCUT2D eigenvalue weighted by Crippen LogP contribution is -2.50. The number of nitrogens with one attached hydrogen (secondary N) is 1. The zero-order chi connectivity index (χ0) is 28.0. The lowest BCUT2D eigenvalue weighted by molar-refractivity contribution is -0.132. The predicted octanol–water partition coefficient (Wildman–Crippen LogP) is 4.24. The maximum atomic E-state index is 14.4. The van der Waals surface area contributed by atoms with Crippen LogP contribution in [0.25, 0.3) is 0 Å². The second kappa shape index (κ2) is 11.6. The van der Waals surface area contributed by atoms with Crippen molar-refractivity contribution in [2.24, 2.45) is 0 Å². The van der Waals surface area contributed by atoms with Crippen LogP contribution in [0, 0.1) is 11.3 Å². The molecule has 0 bridgehead atoms. The monoisotopic (exact) mass is 529 g/mol. The van der Waals surface area contributed by atoms with Gasteiger partial charge in [-0.25, -0.2) is 0 Å². The molecule has 0 radical (unpaired) electrons. The van der Waals surface area contributed by atoms with E-state index in [-0.39, 0.29) is 18.2 Å². The molecule has 1 amide bonds. The summed E-state index contributed by atoms with van der Waals surface area (Å²) in [6, 6.07) is 23.5. The lowest BCUT2D eigenvalue weighted by atomic mass is 9.85. The molecular weight excluding hydrogens is 502 g/mol. The Kier molecular flexibility index (Phi) is 7.65. The molecule has 0 spiro atoms. The van der Waals surface area contributed by atoms with Gasteiger partial charge < -0.3 is 10.1 Å². The molecule has 8 heteroatoms. The van der Waals surface area contributed by atoms with E-state index in [1.165, 1.54) is 6.08 Å². The summed E-state index contributed by atoms with van der Waals surface area (Å²) < 4.78 is 5.39. The van der Waals surface area contributed by atoms with E-state index in [1.807, 2.05) is 48.5 Å². The van der Waals surface area contributed by atoms with E-state index in [9.17, 15) is 9.59 Å². The number of carbonyl (C=O) groups excluding carboxylic acids is 2. The van der Waals surface area contributed by atoms with Gasteiger partial charge in [0.2, 0.25) is 0 Å². The molecule has 40 heavy (non-hydrogen) atoms. The van der Waals surface area contributed by atoms with Crippen molar-refractivity contribution in [1.29, 1.82) is 5.26 Å². The highest BCUT2D eigenvalue weighted by atomic mass is 16.5. The highest BCUT2D eigenvalue weighted by molar-refractivity contribution is 6.06. The van der Waals surface area contributed by atoms with Crippen LogP contribution in [-0.2, 0) is 24.2 Å².